The molecule has 0 saturated heterocycles. The van der Waals surface area contributed by atoms with E-state index in [1.165, 1.54) is 0 Å². The summed E-state index contributed by atoms with van der Waals surface area (Å²) in [6.07, 6.45) is 0.355. The number of benzene rings is 1. The third-order valence-corrected chi connectivity index (χ3v) is 2.88. The van der Waals surface area contributed by atoms with Crippen LogP contribution in [0.5, 0.6) is 0 Å². The molecule has 5 heteroatoms. The lowest BCUT2D eigenvalue weighted by Crippen LogP contribution is -2.42. The molecular weight excluding hydrogens is 244 g/mol. The van der Waals surface area contributed by atoms with E-state index in [-0.39, 0.29) is 11.9 Å². The predicted octanol–water partition coefficient (Wildman–Crippen LogP) is 0.925. The van der Waals surface area contributed by atoms with E-state index < -0.39 is 6.29 Å². The molecule has 5 nitrogen and oxygen atoms in total. The van der Waals surface area contributed by atoms with Gasteiger partial charge in [-0.25, -0.2) is 0 Å². The second-order valence-electron chi connectivity index (χ2n) is 4.34. The Morgan fingerprint density at radius 3 is 2.32 bits per heavy atom. The second kappa shape index (κ2) is 7.89. The van der Waals surface area contributed by atoms with Crippen molar-refractivity contribution in [2.24, 2.45) is 5.73 Å². The second-order valence-corrected chi connectivity index (χ2v) is 4.34. The van der Waals surface area contributed by atoms with E-state index in [9.17, 15) is 4.79 Å². The van der Waals surface area contributed by atoms with Gasteiger partial charge >= 0.3 is 0 Å². The Balaban J connectivity index is 2.62. The van der Waals surface area contributed by atoms with E-state index in [0.29, 0.717) is 12.1 Å². The molecule has 0 aliphatic heterocycles. The molecule has 0 aliphatic rings. The number of hydrogen-bond acceptors (Lipinski definition) is 4. The molecule has 0 aliphatic carbocycles. The molecule has 0 heterocycles. The number of rotatable bonds is 7. The van der Waals surface area contributed by atoms with Gasteiger partial charge in [0.25, 0.3) is 5.91 Å². The summed E-state index contributed by atoms with van der Waals surface area (Å²) in [4.78, 5) is 12.0. The van der Waals surface area contributed by atoms with Crippen molar-refractivity contribution >= 4 is 5.91 Å². The maximum Gasteiger partial charge on any atom is 0.251 e. The fourth-order valence-electron chi connectivity index (χ4n) is 1.85. The van der Waals surface area contributed by atoms with Gasteiger partial charge in [0.2, 0.25) is 0 Å². The van der Waals surface area contributed by atoms with Crippen LogP contribution < -0.4 is 11.1 Å². The van der Waals surface area contributed by atoms with E-state index in [1.54, 1.807) is 26.4 Å². The highest BCUT2D eigenvalue weighted by Gasteiger charge is 2.18. The Kier molecular flexibility index (Phi) is 6.49. The summed E-state index contributed by atoms with van der Waals surface area (Å²) >= 11 is 0. The molecule has 106 valence electrons. The van der Waals surface area contributed by atoms with E-state index in [1.807, 2.05) is 19.1 Å². The van der Waals surface area contributed by atoms with Crippen LogP contribution >= 0.6 is 0 Å². The molecule has 0 radical (unpaired) electrons. The first-order chi connectivity index (χ1) is 9.12. The third kappa shape index (κ3) is 4.63. The van der Waals surface area contributed by atoms with E-state index in [0.717, 1.165) is 12.0 Å². The highest BCUT2D eigenvalue weighted by molar-refractivity contribution is 5.94. The van der Waals surface area contributed by atoms with Crippen molar-refractivity contribution in [3.05, 3.63) is 35.4 Å². The summed E-state index contributed by atoms with van der Waals surface area (Å²) in [5, 5.41) is 2.84. The van der Waals surface area contributed by atoms with E-state index >= 15 is 0 Å². The summed E-state index contributed by atoms with van der Waals surface area (Å²) < 4.78 is 10.2. The standard InChI is InChI=1S/C14H22N2O3/c1-10(14(18-2)19-3)16-13(17)12-6-4-11(5-7-12)8-9-15/h4-7,10,14H,8-9,15H2,1-3H3,(H,16,17). The van der Waals surface area contributed by atoms with Crippen LogP contribution in [0.15, 0.2) is 24.3 Å². The molecule has 1 aromatic carbocycles. The molecule has 0 saturated carbocycles. The van der Waals surface area contributed by atoms with Crippen molar-refractivity contribution in [3.63, 3.8) is 0 Å². The summed E-state index contributed by atoms with van der Waals surface area (Å²) in [5.74, 6) is -0.147. The van der Waals surface area contributed by atoms with Gasteiger partial charge in [-0.2, -0.15) is 0 Å². The number of amides is 1. The van der Waals surface area contributed by atoms with Gasteiger partial charge in [-0.3, -0.25) is 4.79 Å². The Labute approximate surface area is 114 Å². The molecule has 1 aromatic rings. The number of hydrogen-bond donors (Lipinski definition) is 2. The van der Waals surface area contributed by atoms with E-state index in [2.05, 4.69) is 5.32 Å². The summed E-state index contributed by atoms with van der Waals surface area (Å²) in [6.45, 7) is 2.43. The Bertz CT molecular complexity index is 388. The van der Waals surface area contributed by atoms with Gasteiger partial charge < -0.3 is 20.5 Å². The predicted molar refractivity (Wildman–Crippen MR) is 73.9 cm³/mol. The molecule has 0 aromatic heterocycles. The average Bonchev–Trinajstić information content (AvgIpc) is 2.41. The first-order valence-corrected chi connectivity index (χ1v) is 6.27. The van der Waals surface area contributed by atoms with Gasteiger partial charge in [0.15, 0.2) is 6.29 Å². The minimum absolute atomic E-state index is 0.147. The van der Waals surface area contributed by atoms with Crippen LogP contribution in [0.4, 0.5) is 0 Å². The molecule has 0 fully saturated rings. The molecule has 0 bridgehead atoms. The Hall–Kier alpha value is -1.43. The van der Waals surface area contributed by atoms with Crippen molar-refractivity contribution in [2.75, 3.05) is 20.8 Å². The Morgan fingerprint density at radius 2 is 1.84 bits per heavy atom. The molecule has 1 atom stereocenters. The number of methoxy groups -OCH3 is 2. The summed E-state index contributed by atoms with van der Waals surface area (Å²) in [5.41, 5.74) is 7.21. The zero-order valence-corrected chi connectivity index (χ0v) is 11.7. The van der Waals surface area contributed by atoms with Gasteiger partial charge in [0.1, 0.15) is 0 Å². The van der Waals surface area contributed by atoms with Crippen molar-refractivity contribution in [1.29, 1.82) is 0 Å². The minimum Gasteiger partial charge on any atom is -0.354 e. The first-order valence-electron chi connectivity index (χ1n) is 6.27. The quantitative estimate of drug-likeness (QED) is 0.720. The topological polar surface area (TPSA) is 73.6 Å². The fourth-order valence-corrected chi connectivity index (χ4v) is 1.85. The first kappa shape index (κ1) is 15.6. The SMILES string of the molecule is COC(OC)C(C)NC(=O)c1ccc(CCN)cc1. The highest BCUT2D eigenvalue weighted by Crippen LogP contribution is 2.06. The maximum atomic E-state index is 12.0. The third-order valence-electron chi connectivity index (χ3n) is 2.88. The van der Waals surface area contributed by atoms with Crippen molar-refractivity contribution in [2.45, 2.75) is 25.7 Å². The zero-order chi connectivity index (χ0) is 14.3. The number of ether oxygens (including phenoxy) is 2. The average molecular weight is 266 g/mol. The monoisotopic (exact) mass is 266 g/mol. The smallest absolute Gasteiger partial charge is 0.251 e. The van der Waals surface area contributed by atoms with Gasteiger partial charge in [-0.1, -0.05) is 12.1 Å². The molecule has 1 amide bonds. The lowest BCUT2D eigenvalue weighted by atomic mass is 10.1. The van der Waals surface area contributed by atoms with Crippen molar-refractivity contribution < 1.29 is 14.3 Å². The van der Waals surface area contributed by atoms with Crippen LogP contribution in [0.2, 0.25) is 0 Å². The van der Waals surface area contributed by atoms with Crippen LogP contribution in [-0.2, 0) is 15.9 Å². The van der Waals surface area contributed by atoms with Crippen molar-refractivity contribution in [3.8, 4) is 0 Å². The van der Waals surface area contributed by atoms with Gasteiger partial charge in [0.05, 0.1) is 6.04 Å². The molecule has 1 unspecified atom stereocenters. The molecule has 0 spiro atoms. The van der Waals surface area contributed by atoms with Crippen LogP contribution in [-0.4, -0.2) is 39.0 Å². The summed E-state index contributed by atoms with van der Waals surface area (Å²) in [7, 11) is 3.08. The normalized spacial score (nSPS) is 12.5. The maximum absolute atomic E-state index is 12.0. The molecule has 19 heavy (non-hydrogen) atoms. The minimum atomic E-state index is -0.458. The number of carbonyl (C=O) groups is 1. The number of carbonyl (C=O) groups excluding carboxylic acids is 1. The lowest BCUT2D eigenvalue weighted by molar-refractivity contribution is -0.117. The van der Waals surface area contributed by atoms with Crippen LogP contribution in [0, 0.1) is 0 Å². The van der Waals surface area contributed by atoms with Crippen LogP contribution in [0.3, 0.4) is 0 Å². The highest BCUT2D eigenvalue weighted by atomic mass is 16.7. The lowest BCUT2D eigenvalue weighted by Gasteiger charge is -2.22. The van der Waals surface area contributed by atoms with Crippen LogP contribution in [0.25, 0.3) is 0 Å². The molecule has 3 N–H and O–H groups in total. The van der Waals surface area contributed by atoms with Gasteiger partial charge in [0, 0.05) is 19.8 Å². The van der Waals surface area contributed by atoms with E-state index in [4.69, 9.17) is 15.2 Å². The fraction of sp³-hybridized carbons (Fsp3) is 0.500. The molecular formula is C14H22N2O3. The van der Waals surface area contributed by atoms with Gasteiger partial charge in [-0.05, 0) is 37.6 Å². The molecule has 1 rings (SSSR count). The van der Waals surface area contributed by atoms with Crippen molar-refractivity contribution in [1.82, 2.24) is 5.32 Å². The number of nitrogens with one attached hydrogen (secondary N) is 1. The number of nitrogens with two attached hydrogens (primary N) is 1. The van der Waals surface area contributed by atoms with Gasteiger partial charge in [-0.15, -0.1) is 0 Å². The zero-order valence-electron chi connectivity index (χ0n) is 11.7. The van der Waals surface area contributed by atoms with Crippen LogP contribution in [0.1, 0.15) is 22.8 Å². The Morgan fingerprint density at radius 1 is 1.26 bits per heavy atom. The summed E-state index contributed by atoms with van der Waals surface area (Å²) in [6, 6.07) is 7.18. The largest absolute Gasteiger partial charge is 0.354 e.